The van der Waals surface area contributed by atoms with E-state index in [2.05, 4.69) is 22.9 Å². The molecule has 3 rings (SSSR count). The van der Waals surface area contributed by atoms with Crippen LogP contribution in [0.3, 0.4) is 0 Å². The molecular weight excluding hydrogens is 268 g/mol. The molecule has 2 aliphatic rings. The average molecular weight is 288 g/mol. The van der Waals surface area contributed by atoms with E-state index in [1.165, 1.54) is 0 Å². The summed E-state index contributed by atoms with van der Waals surface area (Å²) in [5.74, 6) is 0.436. The number of hydrogen-bond donors (Lipinski definition) is 3. The zero-order valence-electron chi connectivity index (χ0n) is 12.1. The summed E-state index contributed by atoms with van der Waals surface area (Å²) in [5, 5.41) is 8.94. The molecule has 3 N–H and O–H groups in total. The molecule has 2 heterocycles. The van der Waals surface area contributed by atoms with Crippen LogP contribution in [-0.2, 0) is 4.79 Å². The second-order valence-corrected chi connectivity index (χ2v) is 5.66. The first-order chi connectivity index (χ1) is 10.1. The van der Waals surface area contributed by atoms with Gasteiger partial charge in [0, 0.05) is 31.0 Å². The molecule has 0 radical (unpaired) electrons. The maximum absolute atomic E-state index is 12.2. The van der Waals surface area contributed by atoms with Crippen molar-refractivity contribution in [3.63, 3.8) is 0 Å². The van der Waals surface area contributed by atoms with Gasteiger partial charge in [-0.2, -0.15) is 0 Å². The van der Waals surface area contributed by atoms with Crippen LogP contribution in [0.5, 0.6) is 0 Å². The Kier molecular flexibility index (Phi) is 3.79. The smallest absolute Gasteiger partial charge is 0.321 e. The van der Waals surface area contributed by atoms with Gasteiger partial charge < -0.3 is 16.0 Å². The lowest BCUT2D eigenvalue weighted by atomic mass is 9.97. The van der Waals surface area contributed by atoms with Crippen LogP contribution in [0, 0.1) is 11.8 Å². The summed E-state index contributed by atoms with van der Waals surface area (Å²) in [6.45, 7) is 5.05. The summed E-state index contributed by atoms with van der Waals surface area (Å²) in [7, 11) is 0. The first-order valence-corrected chi connectivity index (χ1v) is 7.32. The average Bonchev–Trinajstić information content (AvgIpc) is 3.08. The first-order valence-electron chi connectivity index (χ1n) is 7.32. The number of urea groups is 1. The maximum Gasteiger partial charge on any atom is 0.321 e. The second-order valence-electron chi connectivity index (χ2n) is 5.66. The molecule has 6 heteroatoms. The predicted molar refractivity (Wildman–Crippen MR) is 81.3 cm³/mol. The molecule has 112 valence electrons. The Morgan fingerprint density at radius 3 is 2.62 bits per heavy atom. The molecule has 0 aromatic heterocycles. The van der Waals surface area contributed by atoms with E-state index in [0.717, 1.165) is 24.5 Å². The van der Waals surface area contributed by atoms with E-state index in [4.69, 9.17) is 0 Å². The third-order valence-electron chi connectivity index (χ3n) is 4.16. The van der Waals surface area contributed by atoms with Gasteiger partial charge in [0.05, 0.1) is 5.92 Å². The third kappa shape index (κ3) is 2.85. The molecular formula is C15H20N4O2. The standard InChI is InChI=1S/C15H20N4O2/c1-10-8-16-9-13(10)14(20)18-11-2-4-12(5-3-11)19-7-6-17-15(19)21/h2-5,10,13,16H,6-9H2,1H3,(H,17,21)(H,18,20)/t10-,13-/m1/s1. The van der Waals surface area contributed by atoms with Crippen molar-refractivity contribution in [2.24, 2.45) is 11.8 Å². The number of anilines is 2. The van der Waals surface area contributed by atoms with Gasteiger partial charge >= 0.3 is 6.03 Å². The van der Waals surface area contributed by atoms with E-state index >= 15 is 0 Å². The first kappa shape index (κ1) is 13.9. The highest BCUT2D eigenvalue weighted by atomic mass is 16.2. The van der Waals surface area contributed by atoms with Gasteiger partial charge in [0.1, 0.15) is 0 Å². The van der Waals surface area contributed by atoms with Crippen LogP contribution in [0.25, 0.3) is 0 Å². The Bertz CT molecular complexity index is 543. The van der Waals surface area contributed by atoms with Crippen LogP contribution in [-0.4, -0.2) is 38.1 Å². The number of hydrogen-bond acceptors (Lipinski definition) is 3. The van der Waals surface area contributed by atoms with E-state index < -0.39 is 0 Å². The minimum Gasteiger partial charge on any atom is -0.336 e. The number of rotatable bonds is 3. The molecule has 6 nitrogen and oxygen atoms in total. The summed E-state index contributed by atoms with van der Waals surface area (Å²) in [5.41, 5.74) is 1.61. The topological polar surface area (TPSA) is 73.5 Å². The quantitative estimate of drug-likeness (QED) is 0.777. The van der Waals surface area contributed by atoms with Crippen LogP contribution < -0.4 is 20.9 Å². The van der Waals surface area contributed by atoms with Gasteiger partial charge in [0.15, 0.2) is 0 Å². The van der Waals surface area contributed by atoms with Crippen LogP contribution in [0.1, 0.15) is 6.92 Å². The van der Waals surface area contributed by atoms with Crippen LogP contribution >= 0.6 is 0 Å². The lowest BCUT2D eigenvalue weighted by Crippen LogP contribution is -2.28. The minimum absolute atomic E-state index is 0.0223. The highest BCUT2D eigenvalue weighted by molar-refractivity contribution is 5.95. The molecule has 0 aliphatic carbocycles. The maximum atomic E-state index is 12.2. The lowest BCUT2D eigenvalue weighted by Gasteiger charge is -2.16. The molecule has 1 aromatic rings. The molecule has 0 saturated carbocycles. The van der Waals surface area contributed by atoms with Crippen molar-refractivity contribution in [1.82, 2.24) is 10.6 Å². The van der Waals surface area contributed by atoms with Crippen LogP contribution in [0.2, 0.25) is 0 Å². The van der Waals surface area contributed by atoms with E-state index in [0.29, 0.717) is 19.0 Å². The third-order valence-corrected chi connectivity index (χ3v) is 4.16. The summed E-state index contributed by atoms with van der Waals surface area (Å²) >= 11 is 0. The number of amides is 3. The summed E-state index contributed by atoms with van der Waals surface area (Å²) < 4.78 is 0. The fourth-order valence-electron chi connectivity index (χ4n) is 2.84. The molecule has 0 spiro atoms. The van der Waals surface area contributed by atoms with Crippen molar-refractivity contribution in [2.45, 2.75) is 6.92 Å². The van der Waals surface area contributed by atoms with Crippen molar-refractivity contribution in [3.05, 3.63) is 24.3 Å². The number of carbonyl (C=O) groups is 2. The van der Waals surface area contributed by atoms with Crippen LogP contribution in [0.15, 0.2) is 24.3 Å². The Hall–Kier alpha value is -2.08. The zero-order chi connectivity index (χ0) is 14.8. The highest BCUT2D eigenvalue weighted by Gasteiger charge is 2.29. The monoisotopic (exact) mass is 288 g/mol. The zero-order valence-corrected chi connectivity index (χ0v) is 12.1. The molecule has 0 unspecified atom stereocenters. The van der Waals surface area contributed by atoms with Gasteiger partial charge in [0.2, 0.25) is 5.91 Å². The summed E-state index contributed by atoms with van der Waals surface area (Å²) in [6.07, 6.45) is 0. The second kappa shape index (κ2) is 5.73. The van der Waals surface area contributed by atoms with E-state index in [-0.39, 0.29) is 17.9 Å². The predicted octanol–water partition coefficient (Wildman–Crippen LogP) is 1.01. The van der Waals surface area contributed by atoms with Crippen molar-refractivity contribution in [3.8, 4) is 0 Å². The fourth-order valence-corrected chi connectivity index (χ4v) is 2.84. The van der Waals surface area contributed by atoms with Gasteiger partial charge in [-0.05, 0) is 36.7 Å². The molecule has 2 fully saturated rings. The largest absolute Gasteiger partial charge is 0.336 e. The highest BCUT2D eigenvalue weighted by Crippen LogP contribution is 2.22. The van der Waals surface area contributed by atoms with Crippen molar-refractivity contribution in [2.75, 3.05) is 36.4 Å². The fraction of sp³-hybridized carbons (Fsp3) is 0.467. The lowest BCUT2D eigenvalue weighted by molar-refractivity contribution is -0.120. The number of nitrogens with zero attached hydrogens (tertiary/aromatic N) is 1. The minimum atomic E-state index is -0.0716. The number of carbonyl (C=O) groups excluding carboxylic acids is 2. The number of benzene rings is 1. The van der Waals surface area contributed by atoms with E-state index in [1.54, 1.807) is 4.90 Å². The molecule has 3 amide bonds. The van der Waals surface area contributed by atoms with Crippen molar-refractivity contribution < 1.29 is 9.59 Å². The van der Waals surface area contributed by atoms with Gasteiger partial charge in [-0.3, -0.25) is 9.69 Å². The molecule has 2 aliphatic heterocycles. The van der Waals surface area contributed by atoms with E-state index in [9.17, 15) is 9.59 Å². The Labute approximate surface area is 123 Å². The van der Waals surface area contributed by atoms with Crippen molar-refractivity contribution >= 4 is 23.3 Å². The normalized spacial score (nSPS) is 25.0. The van der Waals surface area contributed by atoms with Gasteiger partial charge in [-0.25, -0.2) is 4.79 Å². The SMILES string of the molecule is C[C@@H]1CNC[C@H]1C(=O)Nc1ccc(N2CCNC2=O)cc1. The van der Waals surface area contributed by atoms with Gasteiger partial charge in [-0.15, -0.1) is 0 Å². The number of nitrogens with one attached hydrogen (secondary N) is 3. The summed E-state index contributed by atoms with van der Waals surface area (Å²) in [6, 6.07) is 7.32. The van der Waals surface area contributed by atoms with Crippen molar-refractivity contribution in [1.29, 1.82) is 0 Å². The Balaban J connectivity index is 1.64. The molecule has 2 saturated heterocycles. The molecule has 2 atom stereocenters. The molecule has 1 aromatic carbocycles. The van der Waals surface area contributed by atoms with Gasteiger partial charge in [0.25, 0.3) is 0 Å². The van der Waals surface area contributed by atoms with Gasteiger partial charge in [-0.1, -0.05) is 6.92 Å². The molecule has 0 bridgehead atoms. The Morgan fingerprint density at radius 2 is 2.05 bits per heavy atom. The van der Waals surface area contributed by atoms with Crippen LogP contribution in [0.4, 0.5) is 16.2 Å². The van der Waals surface area contributed by atoms with E-state index in [1.807, 2.05) is 24.3 Å². The Morgan fingerprint density at radius 1 is 1.29 bits per heavy atom. The molecule has 21 heavy (non-hydrogen) atoms. The summed E-state index contributed by atoms with van der Waals surface area (Å²) in [4.78, 5) is 25.5.